The molecule has 0 saturated carbocycles. The minimum Gasteiger partial charge on any atom is -0.326 e. The Morgan fingerprint density at radius 3 is 2.54 bits per heavy atom. The molecule has 1 rings (SSSR count). The van der Waals surface area contributed by atoms with Gasteiger partial charge >= 0.3 is 0 Å². The highest BCUT2D eigenvalue weighted by Gasteiger charge is 2.18. The molecule has 2 nitrogen and oxygen atoms in total. The van der Waals surface area contributed by atoms with Gasteiger partial charge in [-0.3, -0.25) is 0 Å². The minimum absolute atomic E-state index is 0.145. The number of alkyl halides is 2. The van der Waals surface area contributed by atoms with Gasteiger partial charge in [0.1, 0.15) is 4.60 Å². The van der Waals surface area contributed by atoms with Crippen molar-refractivity contribution in [2.45, 2.75) is 13.0 Å². The number of rotatable bonds is 2. The second-order valence-corrected chi connectivity index (χ2v) is 3.85. The maximum atomic E-state index is 12.5. The van der Waals surface area contributed by atoms with Crippen molar-refractivity contribution in [1.29, 1.82) is 0 Å². The van der Waals surface area contributed by atoms with Crippen LogP contribution < -0.4 is 5.73 Å². The number of halogens is 4. The van der Waals surface area contributed by atoms with Crippen molar-refractivity contribution in [1.82, 2.24) is 4.98 Å². The Balaban J connectivity index is 3.30. The van der Waals surface area contributed by atoms with Gasteiger partial charge in [-0.2, -0.15) is 0 Å². The third kappa shape index (κ3) is 2.24. The fourth-order valence-electron chi connectivity index (χ4n) is 0.852. The summed E-state index contributed by atoms with van der Waals surface area (Å²) in [7, 11) is 0. The van der Waals surface area contributed by atoms with Crippen LogP contribution in [0.25, 0.3) is 0 Å². The number of hydrogen-bond acceptors (Lipinski definition) is 2. The van der Waals surface area contributed by atoms with E-state index in [4.69, 9.17) is 5.73 Å². The highest BCUT2D eigenvalue weighted by atomic mass is 79.9. The Bertz CT molecular complexity index is 318. The van der Waals surface area contributed by atoms with Crippen LogP contribution in [-0.2, 0) is 6.54 Å². The molecule has 2 N–H and O–H groups in total. The summed E-state index contributed by atoms with van der Waals surface area (Å²) in [6.07, 6.45) is -1.11. The van der Waals surface area contributed by atoms with Crippen molar-refractivity contribution >= 4 is 31.9 Å². The first-order valence-corrected chi connectivity index (χ1v) is 4.97. The molecule has 1 aromatic rings. The highest BCUT2D eigenvalue weighted by molar-refractivity contribution is 9.11. The van der Waals surface area contributed by atoms with Gasteiger partial charge < -0.3 is 5.73 Å². The smallest absolute Gasteiger partial charge is 0.267 e. The molecule has 72 valence electrons. The van der Waals surface area contributed by atoms with Crippen LogP contribution in [0, 0.1) is 0 Å². The lowest BCUT2D eigenvalue weighted by atomic mass is 10.2. The SMILES string of the molecule is NCc1cnc(Br)c(C(F)F)c1Br. The Morgan fingerprint density at radius 1 is 1.46 bits per heavy atom. The first-order valence-electron chi connectivity index (χ1n) is 3.39. The summed E-state index contributed by atoms with van der Waals surface area (Å²) in [6, 6.07) is 0. The predicted octanol–water partition coefficient (Wildman–Crippen LogP) is 3.00. The molecule has 0 aromatic carbocycles. The first-order chi connectivity index (χ1) is 6.07. The Hall–Kier alpha value is -0.0700. The maximum absolute atomic E-state index is 12.5. The predicted molar refractivity (Wildman–Crippen MR) is 52.5 cm³/mol. The van der Waals surface area contributed by atoms with E-state index in [1.807, 2.05) is 0 Å². The highest BCUT2D eigenvalue weighted by Crippen LogP contribution is 2.34. The van der Waals surface area contributed by atoms with Crippen LogP contribution in [0.3, 0.4) is 0 Å². The average molecular weight is 316 g/mol. The summed E-state index contributed by atoms with van der Waals surface area (Å²) in [5.41, 5.74) is 5.76. The van der Waals surface area contributed by atoms with E-state index in [9.17, 15) is 8.78 Å². The van der Waals surface area contributed by atoms with Gasteiger partial charge in [-0.15, -0.1) is 0 Å². The third-order valence-electron chi connectivity index (χ3n) is 1.51. The molecule has 0 saturated heterocycles. The Kier molecular flexibility index (Phi) is 3.75. The quantitative estimate of drug-likeness (QED) is 0.852. The summed E-state index contributed by atoms with van der Waals surface area (Å²) >= 11 is 6.01. The van der Waals surface area contributed by atoms with Gasteiger partial charge in [0.2, 0.25) is 0 Å². The molecule has 1 heterocycles. The molecular weight excluding hydrogens is 310 g/mol. The molecule has 1 aromatic heterocycles. The third-order valence-corrected chi connectivity index (χ3v) is 3.08. The van der Waals surface area contributed by atoms with Crippen LogP contribution in [-0.4, -0.2) is 4.98 Å². The van der Waals surface area contributed by atoms with Crippen molar-refractivity contribution < 1.29 is 8.78 Å². The van der Waals surface area contributed by atoms with Crippen molar-refractivity contribution in [3.63, 3.8) is 0 Å². The Morgan fingerprint density at radius 2 is 2.08 bits per heavy atom. The molecule has 0 aliphatic carbocycles. The van der Waals surface area contributed by atoms with E-state index in [0.717, 1.165) is 0 Å². The molecule has 0 aliphatic rings. The maximum Gasteiger partial charge on any atom is 0.267 e. The van der Waals surface area contributed by atoms with Crippen LogP contribution in [0.2, 0.25) is 0 Å². The summed E-state index contributed by atoms with van der Waals surface area (Å²) in [4.78, 5) is 3.76. The zero-order chi connectivity index (χ0) is 10.0. The summed E-state index contributed by atoms with van der Waals surface area (Å²) < 4.78 is 25.4. The molecular formula is C7H6Br2F2N2. The van der Waals surface area contributed by atoms with Crippen LogP contribution in [0.4, 0.5) is 8.78 Å². The van der Waals surface area contributed by atoms with Gasteiger partial charge in [-0.1, -0.05) is 0 Å². The molecule has 13 heavy (non-hydrogen) atoms. The van der Waals surface area contributed by atoms with Crippen molar-refractivity contribution in [2.75, 3.05) is 0 Å². The summed E-state index contributed by atoms with van der Waals surface area (Å²) in [5.74, 6) is 0. The lowest BCUT2D eigenvalue weighted by molar-refractivity contribution is 0.149. The fourth-order valence-corrected chi connectivity index (χ4v) is 2.22. The second-order valence-electron chi connectivity index (χ2n) is 2.31. The van der Waals surface area contributed by atoms with Gasteiger partial charge in [0.25, 0.3) is 6.43 Å². The normalized spacial score (nSPS) is 10.9. The first kappa shape index (κ1) is 11.0. The van der Waals surface area contributed by atoms with E-state index < -0.39 is 6.43 Å². The van der Waals surface area contributed by atoms with E-state index in [-0.39, 0.29) is 16.7 Å². The van der Waals surface area contributed by atoms with Gasteiger partial charge in [0.05, 0.1) is 5.56 Å². The van der Waals surface area contributed by atoms with Gasteiger partial charge in [0, 0.05) is 17.2 Å². The molecule has 0 bridgehead atoms. The molecule has 0 spiro atoms. The van der Waals surface area contributed by atoms with E-state index in [1.54, 1.807) is 0 Å². The zero-order valence-electron chi connectivity index (χ0n) is 6.40. The summed E-state index contributed by atoms with van der Waals surface area (Å²) in [5, 5.41) is 0. The number of pyridine rings is 1. The molecule has 0 aliphatic heterocycles. The number of nitrogens with zero attached hydrogens (tertiary/aromatic N) is 1. The van der Waals surface area contributed by atoms with Crippen LogP contribution in [0.1, 0.15) is 17.6 Å². The fraction of sp³-hybridized carbons (Fsp3) is 0.286. The van der Waals surface area contributed by atoms with Crippen molar-refractivity contribution in [3.8, 4) is 0 Å². The lowest BCUT2D eigenvalue weighted by Crippen LogP contribution is -2.02. The van der Waals surface area contributed by atoms with E-state index in [0.29, 0.717) is 10.0 Å². The average Bonchev–Trinajstić information content (AvgIpc) is 2.04. The molecule has 0 fully saturated rings. The topological polar surface area (TPSA) is 38.9 Å². The zero-order valence-corrected chi connectivity index (χ0v) is 9.57. The largest absolute Gasteiger partial charge is 0.326 e. The Labute approximate surface area is 90.8 Å². The number of hydrogen-bond donors (Lipinski definition) is 1. The molecule has 6 heteroatoms. The standard InChI is InChI=1S/C7H6Br2F2N2/c8-5-3(1-12)2-13-6(9)4(5)7(10)11/h2,7H,1,12H2. The molecule has 0 atom stereocenters. The van der Waals surface area contributed by atoms with Crippen LogP contribution in [0.5, 0.6) is 0 Å². The van der Waals surface area contributed by atoms with Gasteiger partial charge in [-0.05, 0) is 37.4 Å². The molecule has 0 amide bonds. The number of nitrogens with two attached hydrogens (primary N) is 1. The molecule has 0 unspecified atom stereocenters. The second kappa shape index (κ2) is 4.43. The van der Waals surface area contributed by atoms with Crippen molar-refractivity contribution in [3.05, 3.63) is 26.4 Å². The summed E-state index contributed by atoms with van der Waals surface area (Å²) in [6.45, 7) is 0.181. The minimum atomic E-state index is -2.57. The van der Waals surface area contributed by atoms with Gasteiger partial charge in [-0.25, -0.2) is 13.8 Å². The van der Waals surface area contributed by atoms with Crippen molar-refractivity contribution in [2.24, 2.45) is 5.73 Å². The molecule has 0 radical (unpaired) electrons. The lowest BCUT2D eigenvalue weighted by Gasteiger charge is -2.08. The van der Waals surface area contributed by atoms with Crippen LogP contribution in [0.15, 0.2) is 15.3 Å². The van der Waals surface area contributed by atoms with E-state index in [1.165, 1.54) is 6.20 Å². The van der Waals surface area contributed by atoms with E-state index >= 15 is 0 Å². The number of aromatic nitrogens is 1. The van der Waals surface area contributed by atoms with E-state index in [2.05, 4.69) is 36.8 Å². The van der Waals surface area contributed by atoms with Gasteiger partial charge in [0.15, 0.2) is 0 Å². The van der Waals surface area contributed by atoms with Crippen LogP contribution >= 0.6 is 31.9 Å². The monoisotopic (exact) mass is 314 g/mol.